The predicted molar refractivity (Wildman–Crippen MR) is 55.0 cm³/mol. The predicted octanol–water partition coefficient (Wildman–Crippen LogP) is -0.397. The zero-order valence-electron chi connectivity index (χ0n) is 8.75. The first-order valence-corrected chi connectivity index (χ1v) is 5.03. The molecule has 80 valence electrons. The number of hydrogen-bond acceptors (Lipinski definition) is 0. The molecule has 1 N–H and O–H groups in total. The summed E-state index contributed by atoms with van der Waals surface area (Å²) in [6.45, 7) is 5.81. The molecule has 1 heterocycles. The summed E-state index contributed by atoms with van der Waals surface area (Å²) < 4.78 is 1.83. The van der Waals surface area contributed by atoms with Crippen molar-refractivity contribution in [2.75, 3.05) is 0 Å². The second kappa shape index (κ2) is 7.80. The van der Waals surface area contributed by atoms with Gasteiger partial charge >= 0.3 is 0 Å². The Morgan fingerprint density at radius 1 is 1.57 bits per heavy atom. The largest absolute Gasteiger partial charge is 1.00 e. The molecule has 0 aliphatic heterocycles. The molecule has 0 amide bonds. The van der Waals surface area contributed by atoms with Gasteiger partial charge < -0.3 is 17.0 Å². The van der Waals surface area contributed by atoms with Crippen LogP contribution < -0.4 is 22.0 Å². The summed E-state index contributed by atoms with van der Waals surface area (Å²) in [5.74, 6) is 1.15. The third-order valence-corrected chi connectivity index (χ3v) is 2.17. The van der Waals surface area contributed by atoms with Gasteiger partial charge in [0, 0.05) is 0 Å². The maximum atomic E-state index is 3.55. The average molecular weight is 259 g/mol. The van der Waals surface area contributed by atoms with Crippen LogP contribution in [0.25, 0.3) is 6.20 Å². The van der Waals surface area contributed by atoms with Gasteiger partial charge in [-0.3, -0.25) is 0 Å². The van der Waals surface area contributed by atoms with Crippen molar-refractivity contribution in [1.82, 2.24) is 4.57 Å². The summed E-state index contributed by atoms with van der Waals surface area (Å²) in [5, 5.41) is 0. The fourth-order valence-corrected chi connectivity index (χ4v) is 1.23. The molecular weight excluding hydrogens is 240 g/mol. The van der Waals surface area contributed by atoms with Crippen molar-refractivity contribution in [1.29, 1.82) is 0 Å². The Morgan fingerprint density at radius 2 is 2.29 bits per heavy atom. The molecule has 0 bridgehead atoms. The van der Waals surface area contributed by atoms with E-state index in [0.29, 0.717) is 0 Å². The highest BCUT2D eigenvalue weighted by Gasteiger charge is 2.18. The monoisotopic (exact) mass is 258 g/mol. The average Bonchev–Trinajstić information content (AvgIpc) is 2.83. The second-order valence-corrected chi connectivity index (χ2v) is 3.47. The van der Waals surface area contributed by atoms with Crippen LogP contribution in [0.3, 0.4) is 0 Å². The van der Waals surface area contributed by atoms with Crippen molar-refractivity contribution in [3.8, 4) is 0 Å². The molecule has 1 aromatic rings. The fourth-order valence-electron chi connectivity index (χ4n) is 1.23. The summed E-state index contributed by atoms with van der Waals surface area (Å²) in [7, 11) is 0. The molecule has 1 fully saturated rings. The fraction of sp³-hybridized carbons (Fsp3) is 0.545. The van der Waals surface area contributed by atoms with Crippen LogP contribution in [0, 0.1) is 5.92 Å². The molecule has 0 spiro atoms. The number of halogens is 1. The van der Waals surface area contributed by atoms with Crippen molar-refractivity contribution in [3.05, 3.63) is 25.3 Å². The number of H-pyrrole nitrogens is 1. The maximum Gasteiger partial charge on any atom is 0.246 e. The lowest BCUT2D eigenvalue weighted by Gasteiger charge is -1.82. The second-order valence-electron chi connectivity index (χ2n) is 3.47. The van der Waals surface area contributed by atoms with Gasteiger partial charge in [0.1, 0.15) is 12.4 Å². The molecule has 0 radical (unpaired) electrons. The Bertz CT molecular complexity index is 227. The van der Waals surface area contributed by atoms with Crippen molar-refractivity contribution >= 4 is 6.20 Å². The van der Waals surface area contributed by atoms with E-state index in [0.717, 1.165) is 5.92 Å². The highest BCUT2D eigenvalue weighted by molar-refractivity contribution is 5.12. The minimum Gasteiger partial charge on any atom is -1.00 e. The Morgan fingerprint density at radius 3 is 2.50 bits per heavy atom. The molecule has 1 aliphatic carbocycles. The Labute approximate surface area is 96.8 Å². The third kappa shape index (κ3) is 5.97. The number of rotatable bonds is 3. The summed E-state index contributed by atoms with van der Waals surface area (Å²) >= 11 is 0. The highest BCUT2D eigenvalue weighted by atomic mass is 79.9. The summed E-state index contributed by atoms with van der Waals surface area (Å²) in [4.78, 5) is 2.87. The summed E-state index contributed by atoms with van der Waals surface area (Å²) in [6, 6.07) is 0. The molecule has 3 heteroatoms. The van der Waals surface area contributed by atoms with Crippen molar-refractivity contribution in [3.63, 3.8) is 0 Å². The van der Waals surface area contributed by atoms with E-state index in [-0.39, 0.29) is 17.0 Å². The van der Waals surface area contributed by atoms with Gasteiger partial charge in [-0.25, -0.2) is 9.55 Å². The van der Waals surface area contributed by atoms with Crippen molar-refractivity contribution in [2.24, 2.45) is 5.92 Å². The molecule has 2 rings (SSSR count). The topological polar surface area (TPSA) is 19.1 Å². The van der Waals surface area contributed by atoms with Gasteiger partial charge in [-0.15, -0.1) is 0 Å². The van der Waals surface area contributed by atoms with Crippen LogP contribution in [0.5, 0.6) is 0 Å². The van der Waals surface area contributed by atoms with E-state index >= 15 is 0 Å². The van der Waals surface area contributed by atoms with Crippen molar-refractivity contribution < 1.29 is 22.0 Å². The summed E-state index contributed by atoms with van der Waals surface area (Å²) in [6.07, 6.45) is 13.2. The molecule has 0 atom stereocenters. The third-order valence-electron chi connectivity index (χ3n) is 2.17. The zero-order valence-corrected chi connectivity index (χ0v) is 10.3. The first kappa shape index (κ1) is 13.4. The number of nitrogens with zero attached hydrogens (tertiary/aromatic N) is 1. The zero-order chi connectivity index (χ0) is 9.52. The summed E-state index contributed by atoms with van der Waals surface area (Å²) in [5.41, 5.74) is 0. The molecule has 0 saturated heterocycles. The molecule has 1 aromatic heterocycles. The first-order chi connectivity index (χ1) is 6.36. The van der Waals surface area contributed by atoms with Gasteiger partial charge in [0.05, 0.1) is 6.20 Å². The Hall–Kier alpha value is -0.570. The molecule has 0 unspecified atom stereocenters. The minimum atomic E-state index is 0. The normalized spacial score (nSPS) is 13.5. The van der Waals surface area contributed by atoms with Crippen molar-refractivity contribution in [2.45, 2.75) is 32.6 Å². The van der Waals surface area contributed by atoms with E-state index in [1.807, 2.05) is 23.3 Å². The SMILES string of the molecule is C=Cn1cc[nH+]c1.CCCC1CC1.[Br-]. The maximum absolute atomic E-state index is 3.55. The first-order valence-electron chi connectivity index (χ1n) is 5.03. The number of nitrogens with one attached hydrogen (secondary N) is 1. The van der Waals surface area contributed by atoms with Crippen LogP contribution in [-0.4, -0.2) is 4.57 Å². The molecule has 2 nitrogen and oxygen atoms in total. The molecule has 1 aliphatic rings. The van der Waals surface area contributed by atoms with Gasteiger partial charge in [0.15, 0.2) is 0 Å². The Balaban J connectivity index is 0.000000227. The number of aromatic nitrogens is 2. The van der Waals surface area contributed by atoms with E-state index < -0.39 is 0 Å². The smallest absolute Gasteiger partial charge is 0.246 e. The van der Waals surface area contributed by atoms with Gasteiger partial charge in [-0.05, 0) is 5.92 Å². The van der Waals surface area contributed by atoms with E-state index in [9.17, 15) is 0 Å². The quantitative estimate of drug-likeness (QED) is 0.704. The minimum absolute atomic E-state index is 0. The highest BCUT2D eigenvalue weighted by Crippen LogP contribution is 2.32. The lowest BCUT2D eigenvalue weighted by Crippen LogP contribution is -3.00. The van der Waals surface area contributed by atoms with Crippen LogP contribution >= 0.6 is 0 Å². The Kier molecular flexibility index (Phi) is 7.48. The van der Waals surface area contributed by atoms with Crippen LogP contribution in [0.15, 0.2) is 25.3 Å². The van der Waals surface area contributed by atoms with E-state index in [2.05, 4.69) is 18.5 Å². The van der Waals surface area contributed by atoms with Gasteiger partial charge in [0.2, 0.25) is 6.33 Å². The van der Waals surface area contributed by atoms with Gasteiger partial charge in [0.25, 0.3) is 0 Å². The number of imidazole rings is 1. The van der Waals surface area contributed by atoms with Gasteiger partial charge in [-0.1, -0.05) is 39.2 Å². The van der Waals surface area contributed by atoms with E-state index in [4.69, 9.17) is 0 Å². The molecule has 0 aromatic carbocycles. The van der Waals surface area contributed by atoms with E-state index in [1.54, 1.807) is 6.20 Å². The number of aromatic amines is 1. The lowest BCUT2D eigenvalue weighted by atomic mass is 10.2. The number of hydrogen-bond donors (Lipinski definition) is 0. The van der Waals surface area contributed by atoms with E-state index in [1.165, 1.54) is 25.7 Å². The van der Waals surface area contributed by atoms with Crippen LogP contribution in [0.2, 0.25) is 0 Å². The molecule has 1 saturated carbocycles. The molecular formula is C11H19BrN2. The molecule has 14 heavy (non-hydrogen) atoms. The van der Waals surface area contributed by atoms with Crippen LogP contribution in [0.1, 0.15) is 32.6 Å². The standard InChI is InChI=1S/C6H12.C5H6N2.BrH/c1-2-3-6-4-5-6;1-2-7-4-3-6-5-7;/h6H,2-5H2,1H3;2-5H,1H2;1H. The van der Waals surface area contributed by atoms with Gasteiger partial charge in [-0.2, -0.15) is 0 Å². The van der Waals surface area contributed by atoms with Crippen LogP contribution in [-0.2, 0) is 0 Å². The van der Waals surface area contributed by atoms with Crippen LogP contribution in [0.4, 0.5) is 0 Å². The lowest BCUT2D eigenvalue weighted by molar-refractivity contribution is -0.376.